The van der Waals surface area contributed by atoms with Crippen molar-refractivity contribution in [2.45, 2.75) is 52.4 Å². The number of aryl methyl sites for hydroxylation is 1. The van der Waals surface area contributed by atoms with Crippen LogP contribution in [0.1, 0.15) is 50.3 Å². The Kier molecular flexibility index (Phi) is 8.39. The molecule has 1 saturated heterocycles. The first-order chi connectivity index (χ1) is 15.8. The van der Waals surface area contributed by atoms with Gasteiger partial charge in [-0.25, -0.2) is 9.48 Å². The third kappa shape index (κ3) is 6.39. The number of anilines is 2. The maximum absolute atomic E-state index is 12.7. The summed E-state index contributed by atoms with van der Waals surface area (Å²) >= 11 is 0. The lowest BCUT2D eigenvalue weighted by atomic mass is 9.86. The molecule has 3 aromatic rings. The van der Waals surface area contributed by atoms with E-state index in [1.807, 2.05) is 18.2 Å². The normalized spacial score (nSPS) is 14.4. The number of benzene rings is 2. The van der Waals surface area contributed by atoms with Crippen molar-refractivity contribution in [3.8, 4) is 5.69 Å². The summed E-state index contributed by atoms with van der Waals surface area (Å²) in [6.07, 6.45) is 5.26. The molecular weight excluding hydrogens is 446 g/mol. The Morgan fingerprint density at radius 1 is 1.06 bits per heavy atom. The molecule has 3 N–H and O–H groups in total. The van der Waals surface area contributed by atoms with E-state index in [-0.39, 0.29) is 23.9 Å². The van der Waals surface area contributed by atoms with E-state index in [4.69, 9.17) is 0 Å². The van der Waals surface area contributed by atoms with E-state index in [1.54, 1.807) is 10.9 Å². The molecule has 4 rings (SSSR count). The number of aromatic nitrogens is 2. The number of nitrogens with one attached hydrogen (secondary N) is 3. The van der Waals surface area contributed by atoms with Crippen LogP contribution >= 0.6 is 12.4 Å². The Hall–Kier alpha value is -2.83. The van der Waals surface area contributed by atoms with Crippen LogP contribution in [0.2, 0.25) is 0 Å². The third-order valence-electron chi connectivity index (χ3n) is 6.38. The van der Waals surface area contributed by atoms with Gasteiger partial charge in [-0.2, -0.15) is 5.10 Å². The molecule has 1 aliphatic rings. The average Bonchev–Trinajstić information content (AvgIpc) is 3.23. The number of nitrogens with zero attached hydrogens (tertiary/aromatic N) is 2. The summed E-state index contributed by atoms with van der Waals surface area (Å²) in [7, 11) is 0. The van der Waals surface area contributed by atoms with Gasteiger partial charge in [0.05, 0.1) is 11.9 Å². The molecule has 6 nitrogen and oxygen atoms in total. The number of amides is 2. The molecule has 1 aliphatic heterocycles. The second-order valence-electron chi connectivity index (χ2n) is 10.1. The number of hydrogen-bond donors (Lipinski definition) is 3. The van der Waals surface area contributed by atoms with Gasteiger partial charge in [-0.1, -0.05) is 45.0 Å². The summed E-state index contributed by atoms with van der Waals surface area (Å²) in [6.45, 7) is 10.8. The van der Waals surface area contributed by atoms with Crippen LogP contribution < -0.4 is 16.0 Å². The number of halogens is 1. The lowest BCUT2D eigenvalue weighted by Gasteiger charge is -2.22. The number of carbonyl (C=O) groups is 1. The van der Waals surface area contributed by atoms with Crippen molar-refractivity contribution >= 4 is 29.9 Å². The second kappa shape index (κ2) is 11.1. The van der Waals surface area contributed by atoms with Crippen molar-refractivity contribution in [1.82, 2.24) is 15.1 Å². The molecule has 2 amide bonds. The van der Waals surface area contributed by atoms with E-state index in [0.29, 0.717) is 5.82 Å². The maximum atomic E-state index is 12.7. The Balaban J connectivity index is 0.00000324. The first-order valence-corrected chi connectivity index (χ1v) is 11.8. The standard InChI is InChI=1S/C27H35N5O.ClH/c1-19-5-8-22(27(2,3)4)18-24(19)32-25(13-16-29-32)31-26(33)30-23-9-6-20(7-10-23)17-21-11-14-28-15-12-21;/h5-10,13,16,18,21,28H,11-12,14-15,17H2,1-4H3,(H2,30,31,33);1H. The number of rotatable bonds is 5. The van der Waals surface area contributed by atoms with Crippen molar-refractivity contribution in [3.63, 3.8) is 0 Å². The van der Waals surface area contributed by atoms with Crippen molar-refractivity contribution in [1.29, 1.82) is 0 Å². The average molecular weight is 482 g/mol. The van der Waals surface area contributed by atoms with E-state index in [9.17, 15) is 4.79 Å². The van der Waals surface area contributed by atoms with Crippen LogP contribution in [0, 0.1) is 12.8 Å². The van der Waals surface area contributed by atoms with E-state index >= 15 is 0 Å². The molecule has 0 spiro atoms. The van der Waals surface area contributed by atoms with E-state index < -0.39 is 0 Å². The minimum absolute atomic E-state index is 0. The van der Waals surface area contributed by atoms with E-state index in [2.05, 4.69) is 79.1 Å². The van der Waals surface area contributed by atoms with Gasteiger partial charge in [0.2, 0.25) is 0 Å². The van der Waals surface area contributed by atoms with Gasteiger partial charge >= 0.3 is 6.03 Å². The fourth-order valence-corrected chi connectivity index (χ4v) is 4.32. The minimum Gasteiger partial charge on any atom is -0.317 e. The van der Waals surface area contributed by atoms with Gasteiger partial charge in [0.15, 0.2) is 0 Å². The van der Waals surface area contributed by atoms with Gasteiger partial charge in [0.25, 0.3) is 0 Å². The van der Waals surface area contributed by atoms with Crippen LogP contribution in [0.25, 0.3) is 5.69 Å². The summed E-state index contributed by atoms with van der Waals surface area (Å²) in [5, 5.41) is 13.8. The highest BCUT2D eigenvalue weighted by Gasteiger charge is 2.17. The van der Waals surface area contributed by atoms with Crippen LogP contribution in [0.3, 0.4) is 0 Å². The first-order valence-electron chi connectivity index (χ1n) is 11.8. The highest BCUT2D eigenvalue weighted by molar-refractivity contribution is 5.99. The Morgan fingerprint density at radius 2 is 1.76 bits per heavy atom. The van der Waals surface area contributed by atoms with Crippen LogP contribution in [-0.4, -0.2) is 28.9 Å². The summed E-state index contributed by atoms with van der Waals surface area (Å²) in [5.41, 5.74) is 5.40. The molecule has 34 heavy (non-hydrogen) atoms. The van der Waals surface area contributed by atoms with Gasteiger partial charge in [-0.05, 0) is 85.5 Å². The predicted molar refractivity (Wildman–Crippen MR) is 143 cm³/mol. The Labute approximate surface area is 208 Å². The zero-order valence-electron chi connectivity index (χ0n) is 20.5. The highest BCUT2D eigenvalue weighted by Crippen LogP contribution is 2.27. The summed E-state index contributed by atoms with van der Waals surface area (Å²) < 4.78 is 1.78. The number of carbonyl (C=O) groups excluding carboxylic acids is 1. The Bertz CT molecular complexity index is 1090. The van der Waals surface area contributed by atoms with Crippen molar-refractivity contribution < 1.29 is 4.79 Å². The number of piperidine rings is 1. The molecule has 1 fully saturated rings. The van der Waals surface area contributed by atoms with Crippen molar-refractivity contribution in [2.75, 3.05) is 23.7 Å². The van der Waals surface area contributed by atoms with Crippen molar-refractivity contribution in [3.05, 3.63) is 71.4 Å². The summed E-state index contributed by atoms with van der Waals surface area (Å²) in [5.74, 6) is 1.37. The van der Waals surface area contributed by atoms with Gasteiger partial charge in [-0.3, -0.25) is 5.32 Å². The van der Waals surface area contributed by atoms with Crippen LogP contribution in [-0.2, 0) is 11.8 Å². The number of hydrogen-bond acceptors (Lipinski definition) is 3. The SMILES string of the molecule is Cc1ccc(C(C)(C)C)cc1-n1nccc1NC(=O)Nc1ccc(CC2CCNCC2)cc1.Cl. The molecule has 2 aromatic carbocycles. The maximum Gasteiger partial charge on any atom is 0.324 e. The van der Waals surface area contributed by atoms with Crippen LogP contribution in [0.5, 0.6) is 0 Å². The van der Waals surface area contributed by atoms with E-state index in [0.717, 1.165) is 42.4 Å². The predicted octanol–water partition coefficient (Wildman–Crippen LogP) is 6.09. The van der Waals surface area contributed by atoms with Crippen LogP contribution in [0.15, 0.2) is 54.7 Å². The largest absolute Gasteiger partial charge is 0.324 e. The molecule has 2 heterocycles. The molecular formula is C27H36ClN5O. The smallest absolute Gasteiger partial charge is 0.317 e. The fourth-order valence-electron chi connectivity index (χ4n) is 4.32. The Morgan fingerprint density at radius 3 is 2.44 bits per heavy atom. The zero-order chi connectivity index (χ0) is 23.4. The molecule has 7 heteroatoms. The van der Waals surface area contributed by atoms with Gasteiger partial charge in [0, 0.05) is 11.8 Å². The summed E-state index contributed by atoms with van der Waals surface area (Å²) in [4.78, 5) is 12.7. The van der Waals surface area contributed by atoms with Gasteiger partial charge < -0.3 is 10.6 Å². The molecule has 0 unspecified atom stereocenters. The van der Waals surface area contributed by atoms with Crippen molar-refractivity contribution in [2.24, 2.45) is 5.92 Å². The fraction of sp³-hybridized carbons (Fsp3) is 0.407. The molecule has 0 bridgehead atoms. The highest BCUT2D eigenvalue weighted by atomic mass is 35.5. The van der Waals surface area contributed by atoms with Gasteiger partial charge in [0.1, 0.15) is 5.82 Å². The quantitative estimate of drug-likeness (QED) is 0.413. The lowest BCUT2D eigenvalue weighted by Crippen LogP contribution is -2.28. The molecule has 1 aromatic heterocycles. The second-order valence-corrected chi connectivity index (χ2v) is 10.1. The lowest BCUT2D eigenvalue weighted by molar-refractivity contribution is 0.262. The zero-order valence-corrected chi connectivity index (χ0v) is 21.3. The first kappa shape index (κ1) is 25.8. The third-order valence-corrected chi connectivity index (χ3v) is 6.38. The topological polar surface area (TPSA) is 71.0 Å². The van der Waals surface area contributed by atoms with Crippen LogP contribution in [0.4, 0.5) is 16.3 Å². The molecule has 0 radical (unpaired) electrons. The van der Waals surface area contributed by atoms with E-state index in [1.165, 1.54) is 24.0 Å². The summed E-state index contributed by atoms with van der Waals surface area (Å²) in [6, 6.07) is 16.1. The number of urea groups is 1. The van der Waals surface area contributed by atoms with Gasteiger partial charge in [-0.15, -0.1) is 12.4 Å². The molecule has 0 aliphatic carbocycles. The minimum atomic E-state index is -0.285. The molecule has 0 atom stereocenters. The molecule has 182 valence electrons. The molecule has 0 saturated carbocycles. The monoisotopic (exact) mass is 481 g/mol.